The van der Waals surface area contributed by atoms with Crippen molar-refractivity contribution < 1.29 is 14.7 Å². The molecule has 0 radical (unpaired) electrons. The maximum atomic E-state index is 8.99. The first-order chi connectivity index (χ1) is 10.2. The van der Waals surface area contributed by atoms with Crippen LogP contribution in [0.2, 0.25) is 0 Å². The van der Waals surface area contributed by atoms with Gasteiger partial charge in [0.05, 0.1) is 24.9 Å². The van der Waals surface area contributed by atoms with Gasteiger partial charge in [0.2, 0.25) is 5.82 Å². The molecule has 0 spiro atoms. The molecule has 2 N–H and O–H groups in total. The Hall–Kier alpha value is -1.45. The monoisotopic (exact) mass is 315 g/mol. The van der Waals surface area contributed by atoms with Crippen molar-refractivity contribution in [1.29, 1.82) is 0 Å². The smallest absolute Gasteiger partial charge is 0.271 e. The third-order valence-electron chi connectivity index (χ3n) is 2.98. The number of oxime groups is 1. The Morgan fingerprint density at radius 1 is 1.48 bits per heavy atom. The standard InChI is InChI=1S/C12H21N5O3S/c1-9(2)13-7-10(14-18)8-20-12-11(15-21-16-12)17-3-5-19-6-4-17/h9,13,18H,3-8H2,1-2H3. The van der Waals surface area contributed by atoms with Crippen LogP contribution < -0.4 is 15.0 Å². The van der Waals surface area contributed by atoms with Gasteiger partial charge in [-0.05, 0) is 0 Å². The van der Waals surface area contributed by atoms with Crippen molar-refractivity contribution in [3.63, 3.8) is 0 Å². The van der Waals surface area contributed by atoms with E-state index in [0.29, 0.717) is 37.4 Å². The first-order valence-electron chi connectivity index (χ1n) is 6.92. The first kappa shape index (κ1) is 15.9. The first-order valence-corrected chi connectivity index (χ1v) is 7.65. The molecule has 118 valence electrons. The van der Waals surface area contributed by atoms with Gasteiger partial charge in [-0.2, -0.15) is 4.37 Å². The van der Waals surface area contributed by atoms with Gasteiger partial charge in [-0.1, -0.05) is 19.0 Å². The summed E-state index contributed by atoms with van der Waals surface area (Å²) in [6.07, 6.45) is 0. The van der Waals surface area contributed by atoms with Crippen molar-refractivity contribution in [2.45, 2.75) is 19.9 Å². The molecular weight excluding hydrogens is 294 g/mol. The fourth-order valence-electron chi connectivity index (χ4n) is 1.82. The predicted molar refractivity (Wildman–Crippen MR) is 80.8 cm³/mol. The molecule has 1 saturated heterocycles. The SMILES string of the molecule is CC(C)NCC(COc1nsnc1N1CCOCC1)=NO. The topological polar surface area (TPSA) is 92.1 Å². The molecule has 1 fully saturated rings. The van der Waals surface area contributed by atoms with Gasteiger partial charge in [-0.25, -0.2) is 0 Å². The molecular formula is C12H21N5O3S. The number of morpholine rings is 1. The zero-order valence-corrected chi connectivity index (χ0v) is 13.1. The number of anilines is 1. The summed E-state index contributed by atoms with van der Waals surface area (Å²) in [4.78, 5) is 2.09. The van der Waals surface area contributed by atoms with E-state index in [9.17, 15) is 0 Å². The second kappa shape index (κ2) is 8.11. The third-order valence-corrected chi connectivity index (χ3v) is 3.49. The molecule has 0 aliphatic carbocycles. The summed E-state index contributed by atoms with van der Waals surface area (Å²) in [5.74, 6) is 1.21. The summed E-state index contributed by atoms with van der Waals surface area (Å²) < 4.78 is 19.4. The molecule has 0 bridgehead atoms. The number of nitrogens with one attached hydrogen (secondary N) is 1. The Labute approximate surface area is 128 Å². The van der Waals surface area contributed by atoms with E-state index in [2.05, 4.69) is 24.1 Å². The number of nitrogens with zero attached hydrogens (tertiary/aromatic N) is 4. The lowest BCUT2D eigenvalue weighted by atomic mass is 10.3. The molecule has 0 unspecified atom stereocenters. The summed E-state index contributed by atoms with van der Waals surface area (Å²) in [6.45, 7) is 7.61. The summed E-state index contributed by atoms with van der Waals surface area (Å²) >= 11 is 1.11. The molecule has 21 heavy (non-hydrogen) atoms. The summed E-state index contributed by atoms with van der Waals surface area (Å²) in [5.41, 5.74) is 0.518. The molecule has 0 aromatic carbocycles. The van der Waals surface area contributed by atoms with Gasteiger partial charge in [0.1, 0.15) is 12.3 Å². The van der Waals surface area contributed by atoms with E-state index >= 15 is 0 Å². The van der Waals surface area contributed by atoms with Crippen LogP contribution >= 0.6 is 11.7 Å². The van der Waals surface area contributed by atoms with Crippen LogP contribution in [0.4, 0.5) is 5.82 Å². The summed E-state index contributed by atoms with van der Waals surface area (Å²) in [6, 6.07) is 0.312. The Balaban J connectivity index is 1.89. The van der Waals surface area contributed by atoms with E-state index < -0.39 is 0 Å². The van der Waals surface area contributed by atoms with Gasteiger partial charge in [0.25, 0.3) is 5.88 Å². The number of hydrogen-bond acceptors (Lipinski definition) is 9. The average molecular weight is 315 g/mol. The molecule has 0 amide bonds. The summed E-state index contributed by atoms with van der Waals surface area (Å²) in [7, 11) is 0. The maximum Gasteiger partial charge on any atom is 0.271 e. The van der Waals surface area contributed by atoms with Crippen LogP contribution in [0.1, 0.15) is 13.8 Å². The third kappa shape index (κ3) is 4.80. The lowest BCUT2D eigenvalue weighted by Crippen LogP contribution is -2.37. The highest BCUT2D eigenvalue weighted by Gasteiger charge is 2.20. The zero-order chi connectivity index (χ0) is 15.1. The predicted octanol–water partition coefficient (Wildman–Crippen LogP) is 0.582. The molecule has 2 heterocycles. The number of ether oxygens (including phenoxy) is 2. The molecule has 1 aromatic heterocycles. The summed E-state index contributed by atoms with van der Waals surface area (Å²) in [5, 5.41) is 15.4. The maximum absolute atomic E-state index is 8.99. The minimum absolute atomic E-state index is 0.180. The number of rotatable bonds is 7. The van der Waals surface area contributed by atoms with Crippen molar-refractivity contribution in [2.75, 3.05) is 44.4 Å². The second-order valence-corrected chi connectivity index (χ2v) is 5.51. The minimum atomic E-state index is 0.180. The van der Waals surface area contributed by atoms with Crippen molar-refractivity contribution in [3.8, 4) is 5.88 Å². The van der Waals surface area contributed by atoms with E-state index in [4.69, 9.17) is 14.7 Å². The van der Waals surface area contributed by atoms with Gasteiger partial charge >= 0.3 is 0 Å². The average Bonchev–Trinajstić information content (AvgIpc) is 2.96. The normalized spacial score (nSPS) is 16.5. The Kier molecular flexibility index (Phi) is 6.15. The van der Waals surface area contributed by atoms with Crippen molar-refractivity contribution in [1.82, 2.24) is 14.1 Å². The lowest BCUT2D eigenvalue weighted by molar-refractivity contribution is 0.122. The largest absolute Gasteiger partial charge is 0.468 e. The number of aromatic nitrogens is 2. The molecule has 1 aliphatic heterocycles. The van der Waals surface area contributed by atoms with E-state index in [1.165, 1.54) is 0 Å². The molecule has 8 nitrogen and oxygen atoms in total. The fourth-order valence-corrected chi connectivity index (χ4v) is 2.34. The molecule has 1 aromatic rings. The van der Waals surface area contributed by atoms with Crippen LogP contribution in [0.15, 0.2) is 5.16 Å². The highest BCUT2D eigenvalue weighted by molar-refractivity contribution is 6.99. The van der Waals surface area contributed by atoms with Gasteiger partial charge in [-0.15, -0.1) is 4.37 Å². The van der Waals surface area contributed by atoms with E-state index in [1.807, 2.05) is 13.8 Å². The van der Waals surface area contributed by atoms with E-state index in [-0.39, 0.29) is 6.61 Å². The van der Waals surface area contributed by atoms with Crippen LogP contribution in [0.25, 0.3) is 0 Å². The lowest BCUT2D eigenvalue weighted by Gasteiger charge is -2.26. The Morgan fingerprint density at radius 3 is 2.90 bits per heavy atom. The minimum Gasteiger partial charge on any atom is -0.468 e. The molecule has 2 rings (SSSR count). The molecule has 0 saturated carbocycles. The van der Waals surface area contributed by atoms with Crippen LogP contribution in [0.3, 0.4) is 0 Å². The van der Waals surface area contributed by atoms with E-state index in [0.717, 1.165) is 30.6 Å². The Morgan fingerprint density at radius 2 is 2.24 bits per heavy atom. The highest BCUT2D eigenvalue weighted by atomic mass is 32.1. The molecule has 9 heteroatoms. The quantitative estimate of drug-likeness (QED) is 0.432. The van der Waals surface area contributed by atoms with Gasteiger partial charge in [0, 0.05) is 25.7 Å². The van der Waals surface area contributed by atoms with Crippen molar-refractivity contribution in [2.24, 2.45) is 5.16 Å². The van der Waals surface area contributed by atoms with Crippen molar-refractivity contribution >= 4 is 23.3 Å². The molecule has 0 atom stereocenters. The van der Waals surface area contributed by atoms with Crippen LogP contribution in [-0.2, 0) is 4.74 Å². The van der Waals surface area contributed by atoms with Crippen LogP contribution in [0, 0.1) is 0 Å². The fraction of sp³-hybridized carbons (Fsp3) is 0.750. The van der Waals surface area contributed by atoms with E-state index in [1.54, 1.807) is 0 Å². The second-order valence-electron chi connectivity index (χ2n) is 4.98. The zero-order valence-electron chi connectivity index (χ0n) is 12.3. The van der Waals surface area contributed by atoms with Gasteiger partial charge < -0.3 is 24.9 Å². The van der Waals surface area contributed by atoms with Crippen molar-refractivity contribution in [3.05, 3.63) is 0 Å². The highest BCUT2D eigenvalue weighted by Crippen LogP contribution is 2.26. The van der Waals surface area contributed by atoms with Crippen LogP contribution in [0.5, 0.6) is 5.88 Å². The molecule has 1 aliphatic rings. The Bertz CT molecular complexity index is 460. The van der Waals surface area contributed by atoms with Gasteiger partial charge in [0.15, 0.2) is 0 Å². The number of hydrogen-bond donors (Lipinski definition) is 2. The van der Waals surface area contributed by atoms with Crippen LogP contribution in [-0.4, -0.2) is 65.2 Å². The van der Waals surface area contributed by atoms with Gasteiger partial charge in [-0.3, -0.25) is 0 Å².